The number of benzene rings is 7. The predicted molar refractivity (Wildman–Crippen MR) is 271 cm³/mol. The van der Waals surface area contributed by atoms with E-state index >= 15 is 0 Å². The molecule has 0 N–H and O–H groups in total. The molecule has 3 aromatic heterocycles. The van der Waals surface area contributed by atoms with Gasteiger partial charge in [-0.3, -0.25) is 0 Å². The number of anilines is 3. The number of furan rings is 1. The molecule has 0 radical (unpaired) electrons. The van der Waals surface area contributed by atoms with Gasteiger partial charge in [-0.25, -0.2) is 0 Å². The van der Waals surface area contributed by atoms with Gasteiger partial charge in [-0.2, -0.15) is 0 Å². The minimum absolute atomic E-state index is 0.0456. The summed E-state index contributed by atoms with van der Waals surface area (Å²) >= 11 is 1.93. The summed E-state index contributed by atoms with van der Waals surface area (Å²) in [4.78, 5) is 2.65. The van der Waals surface area contributed by atoms with E-state index in [1.165, 1.54) is 127 Å². The van der Waals surface area contributed by atoms with E-state index in [4.69, 9.17) is 4.42 Å². The lowest BCUT2D eigenvalue weighted by molar-refractivity contribution is 0.332. The smallest absolute Gasteiger partial charge is 0.376 e. The summed E-state index contributed by atoms with van der Waals surface area (Å²) in [6.07, 6.45) is 4.68. The molecular formula is C58H51BN2OS. The molecule has 14 rings (SSSR count). The Morgan fingerprint density at radius 2 is 1.19 bits per heavy atom. The quantitative estimate of drug-likeness (QED) is 0.154. The van der Waals surface area contributed by atoms with Crippen LogP contribution in [-0.4, -0.2) is 11.3 Å². The van der Waals surface area contributed by atoms with Crippen LogP contribution >= 0.6 is 11.3 Å². The van der Waals surface area contributed by atoms with E-state index in [9.17, 15) is 0 Å². The van der Waals surface area contributed by atoms with Gasteiger partial charge in [0.1, 0.15) is 11.2 Å². The van der Waals surface area contributed by atoms with Gasteiger partial charge in [0.05, 0.1) is 5.69 Å². The third kappa shape index (κ3) is 4.57. The lowest BCUT2D eigenvalue weighted by Gasteiger charge is -2.43. The Hall–Kier alpha value is -5.78. The Kier molecular flexibility index (Phi) is 6.79. The SMILES string of the molecule is CC1(C)CCC(C)(C)c2cc(N3c4cc5sc6ccccc6c5c5c4B(c4oc6cc7c(cc6c43)C(C)(C)CCC7(C)C)n3c4c-5cccc4c4ccc5ccccc5c43)ccc21. The molecule has 2 aliphatic carbocycles. The first kappa shape index (κ1) is 36.7. The van der Waals surface area contributed by atoms with Crippen LogP contribution in [0.2, 0.25) is 0 Å². The first-order chi connectivity index (χ1) is 30.2. The molecule has 0 bridgehead atoms. The molecule has 4 aliphatic rings. The van der Waals surface area contributed by atoms with E-state index in [0.29, 0.717) is 0 Å². The zero-order valence-corrected chi connectivity index (χ0v) is 38.4. The zero-order chi connectivity index (χ0) is 42.7. The van der Waals surface area contributed by atoms with Crippen molar-refractivity contribution in [1.29, 1.82) is 0 Å². The second-order valence-electron chi connectivity index (χ2n) is 22.1. The summed E-state index contributed by atoms with van der Waals surface area (Å²) in [5.41, 5.74) is 18.4. The molecule has 3 nitrogen and oxygen atoms in total. The molecule has 5 heteroatoms. The molecule has 0 spiro atoms. The van der Waals surface area contributed by atoms with E-state index in [0.717, 1.165) is 24.1 Å². The van der Waals surface area contributed by atoms with Crippen molar-refractivity contribution in [1.82, 2.24) is 4.48 Å². The molecule has 2 aliphatic heterocycles. The molecule has 308 valence electrons. The number of para-hydroxylation sites is 1. The minimum atomic E-state index is -0.191. The van der Waals surface area contributed by atoms with Gasteiger partial charge >= 0.3 is 6.85 Å². The van der Waals surface area contributed by atoms with Crippen LogP contribution < -0.4 is 16.0 Å². The third-order valence-corrected chi connectivity index (χ3v) is 17.8. The first-order valence-corrected chi connectivity index (χ1v) is 24.0. The third-order valence-electron chi connectivity index (χ3n) is 16.7. The highest BCUT2D eigenvalue weighted by atomic mass is 32.1. The zero-order valence-electron chi connectivity index (χ0n) is 37.6. The van der Waals surface area contributed by atoms with Crippen molar-refractivity contribution in [2.75, 3.05) is 4.90 Å². The molecular weight excluding hydrogens is 784 g/mol. The number of hydrogen-bond donors (Lipinski definition) is 0. The number of aromatic nitrogens is 1. The summed E-state index contributed by atoms with van der Waals surface area (Å²) < 4.78 is 13.1. The second kappa shape index (κ2) is 11.7. The summed E-state index contributed by atoms with van der Waals surface area (Å²) in [6, 6.07) is 44.8. The fourth-order valence-electron chi connectivity index (χ4n) is 13.0. The maximum absolute atomic E-state index is 7.70. The van der Waals surface area contributed by atoms with Crippen molar-refractivity contribution in [2.24, 2.45) is 0 Å². The summed E-state index contributed by atoms with van der Waals surface area (Å²) in [5.74, 6) is 0. The molecule has 0 amide bonds. The molecule has 0 unspecified atom stereocenters. The van der Waals surface area contributed by atoms with Crippen LogP contribution in [0.4, 0.5) is 17.1 Å². The van der Waals surface area contributed by atoms with Gasteiger partial charge in [0, 0.05) is 69.7 Å². The van der Waals surface area contributed by atoms with Crippen LogP contribution in [0.1, 0.15) is 103 Å². The number of fused-ring (bicyclic) bond motifs is 17. The van der Waals surface area contributed by atoms with Crippen molar-refractivity contribution in [3.8, 4) is 11.1 Å². The van der Waals surface area contributed by atoms with Crippen LogP contribution in [0.3, 0.4) is 0 Å². The summed E-state index contributed by atoms with van der Waals surface area (Å²) in [7, 11) is 0. The van der Waals surface area contributed by atoms with Gasteiger partial charge in [-0.15, -0.1) is 11.3 Å². The number of rotatable bonds is 1. The van der Waals surface area contributed by atoms with Crippen LogP contribution in [0.5, 0.6) is 0 Å². The molecule has 0 saturated heterocycles. The lowest BCUT2D eigenvalue weighted by Crippen LogP contribution is -2.56. The highest BCUT2D eigenvalue weighted by Crippen LogP contribution is 2.55. The fraction of sp³-hybridized carbons (Fsp3) is 0.276. The highest BCUT2D eigenvalue weighted by molar-refractivity contribution is 7.26. The Morgan fingerprint density at radius 1 is 0.540 bits per heavy atom. The second-order valence-corrected chi connectivity index (χ2v) is 23.2. The van der Waals surface area contributed by atoms with Crippen molar-refractivity contribution in [2.45, 2.75) is 103 Å². The van der Waals surface area contributed by atoms with Crippen LogP contribution in [0.15, 0.2) is 120 Å². The largest absolute Gasteiger partial charge is 0.466 e. The van der Waals surface area contributed by atoms with Gasteiger partial charge in [0.15, 0.2) is 0 Å². The predicted octanol–water partition coefficient (Wildman–Crippen LogP) is 15.2. The van der Waals surface area contributed by atoms with Crippen molar-refractivity contribution in [3.05, 3.63) is 138 Å². The van der Waals surface area contributed by atoms with Gasteiger partial charge in [0.25, 0.3) is 0 Å². The van der Waals surface area contributed by atoms with Crippen molar-refractivity contribution >= 4 is 110 Å². The minimum Gasteiger partial charge on any atom is -0.466 e. The molecule has 0 atom stereocenters. The standard InChI is InChI=1S/C58H51BN2OS/c1-55(2)24-25-56(3,4)41-28-33(21-23-40(41)55)60-44-31-47-48(37-16-11-12-19-46(37)63-47)49-38-18-13-17-35-36-22-20-32-14-9-10-15-34(32)51(36)61(52(35)38)59(50(44)49)54-53(60)39-29-42-43(30-45(39)62-54)58(7,8)27-26-57(42,5)6/h9-23,28-31H,24-27H2,1-8H3. The summed E-state index contributed by atoms with van der Waals surface area (Å²) in [6.45, 7) is 19.4. The molecule has 7 aromatic carbocycles. The topological polar surface area (TPSA) is 21.3 Å². The van der Waals surface area contributed by atoms with Crippen molar-refractivity contribution < 1.29 is 4.42 Å². The fourth-order valence-corrected chi connectivity index (χ4v) is 14.2. The Labute approximate surface area is 373 Å². The number of hydrogen-bond acceptors (Lipinski definition) is 3. The average Bonchev–Trinajstić information content (AvgIpc) is 3.95. The Balaban J connectivity index is 1.20. The van der Waals surface area contributed by atoms with Gasteiger partial charge in [0.2, 0.25) is 0 Å². The monoisotopic (exact) mass is 834 g/mol. The maximum atomic E-state index is 7.70. The maximum Gasteiger partial charge on any atom is 0.376 e. The van der Waals surface area contributed by atoms with E-state index in [2.05, 4.69) is 180 Å². The van der Waals surface area contributed by atoms with Gasteiger partial charge in [-0.1, -0.05) is 134 Å². The normalized spacial score (nSPS) is 18.7. The van der Waals surface area contributed by atoms with Crippen LogP contribution in [0.25, 0.3) is 74.8 Å². The molecule has 0 fully saturated rings. The molecule has 5 heterocycles. The first-order valence-electron chi connectivity index (χ1n) is 23.2. The number of thiophene rings is 1. The molecule has 0 saturated carbocycles. The number of nitrogens with zero attached hydrogens (tertiary/aromatic N) is 2. The van der Waals surface area contributed by atoms with E-state index in [1.807, 2.05) is 11.3 Å². The van der Waals surface area contributed by atoms with Crippen LogP contribution in [-0.2, 0) is 21.7 Å². The van der Waals surface area contributed by atoms with Gasteiger partial charge < -0.3 is 13.8 Å². The van der Waals surface area contributed by atoms with E-state index in [1.54, 1.807) is 0 Å². The summed E-state index contributed by atoms with van der Waals surface area (Å²) in [5, 5.41) is 9.04. The van der Waals surface area contributed by atoms with Gasteiger partial charge in [-0.05, 0) is 122 Å². The van der Waals surface area contributed by atoms with Crippen molar-refractivity contribution in [3.63, 3.8) is 0 Å². The Morgan fingerprint density at radius 3 is 1.97 bits per heavy atom. The van der Waals surface area contributed by atoms with E-state index in [-0.39, 0.29) is 28.5 Å². The van der Waals surface area contributed by atoms with E-state index < -0.39 is 0 Å². The Bertz CT molecular complexity index is 3720. The molecule has 10 aromatic rings. The van der Waals surface area contributed by atoms with Crippen LogP contribution in [0, 0.1) is 0 Å². The molecule has 63 heavy (non-hydrogen) atoms. The average molecular weight is 835 g/mol. The highest BCUT2D eigenvalue weighted by Gasteiger charge is 2.49. The lowest BCUT2D eigenvalue weighted by atomic mass is 9.47.